The van der Waals surface area contributed by atoms with Crippen LogP contribution in [0.5, 0.6) is 0 Å². The zero-order chi connectivity index (χ0) is 18.0. The summed E-state index contributed by atoms with van der Waals surface area (Å²) in [6.07, 6.45) is 11.5. The van der Waals surface area contributed by atoms with Gasteiger partial charge in [0.1, 0.15) is 0 Å². The fourth-order valence-electron chi connectivity index (χ4n) is 8.63. The number of aliphatic hydroxyl groups excluding tert-OH is 1. The van der Waals surface area contributed by atoms with E-state index in [1.165, 1.54) is 32.1 Å². The highest BCUT2D eigenvalue weighted by Gasteiger charge is 2.64. The maximum absolute atomic E-state index is 11.5. The first-order chi connectivity index (χ1) is 11.8. The summed E-state index contributed by atoms with van der Waals surface area (Å²) < 4.78 is 0. The number of aliphatic hydroxyl groups is 2. The van der Waals surface area contributed by atoms with E-state index in [1.807, 2.05) is 0 Å². The minimum absolute atomic E-state index is 0.0698. The standard InChI is InChI=1S/C23H40O2/c1-5-10-23(25)12-9-19-18-7-6-16-14-17(24)13-15(2)22(16,4)20(18)8-11-21(19,23)3/h15-20,24-25H,5-14H2,1-4H3/t15-,16-,17-,18-,19-,20-,21-,22-,23-/m0/s1. The largest absolute Gasteiger partial charge is 0.393 e. The normalized spacial score (nSPS) is 58.3. The first-order valence-corrected chi connectivity index (χ1v) is 11.2. The lowest BCUT2D eigenvalue weighted by Crippen LogP contribution is -2.58. The molecule has 0 heterocycles. The van der Waals surface area contributed by atoms with Gasteiger partial charge in [0.15, 0.2) is 0 Å². The molecule has 0 saturated heterocycles. The second kappa shape index (κ2) is 5.96. The fraction of sp³-hybridized carbons (Fsp3) is 1.00. The smallest absolute Gasteiger partial charge is 0.0703 e. The molecule has 0 radical (unpaired) electrons. The topological polar surface area (TPSA) is 40.5 Å². The molecule has 2 N–H and O–H groups in total. The molecule has 25 heavy (non-hydrogen) atoms. The van der Waals surface area contributed by atoms with Crippen LogP contribution in [-0.2, 0) is 0 Å². The third-order valence-electron chi connectivity index (χ3n) is 10.2. The van der Waals surface area contributed by atoms with Crippen molar-refractivity contribution in [2.75, 3.05) is 0 Å². The first kappa shape index (κ1) is 18.3. The summed E-state index contributed by atoms with van der Waals surface area (Å²) in [5.41, 5.74) is 0.142. The van der Waals surface area contributed by atoms with Crippen LogP contribution < -0.4 is 0 Å². The summed E-state index contributed by atoms with van der Waals surface area (Å²) in [4.78, 5) is 0. The average Bonchev–Trinajstić information content (AvgIpc) is 2.81. The third-order valence-corrected chi connectivity index (χ3v) is 10.2. The zero-order valence-electron chi connectivity index (χ0n) is 16.9. The summed E-state index contributed by atoms with van der Waals surface area (Å²) in [7, 11) is 0. The summed E-state index contributed by atoms with van der Waals surface area (Å²) in [6.45, 7) is 9.63. The van der Waals surface area contributed by atoms with Crippen molar-refractivity contribution < 1.29 is 10.2 Å². The van der Waals surface area contributed by atoms with Crippen LogP contribution in [0.25, 0.3) is 0 Å². The molecular weight excluding hydrogens is 308 g/mol. The predicted octanol–water partition coefficient (Wildman–Crippen LogP) is 5.17. The van der Waals surface area contributed by atoms with Crippen LogP contribution in [-0.4, -0.2) is 21.9 Å². The molecule has 4 aliphatic rings. The highest BCUT2D eigenvalue weighted by atomic mass is 16.3. The molecule has 9 atom stereocenters. The molecule has 4 aliphatic carbocycles. The van der Waals surface area contributed by atoms with Gasteiger partial charge < -0.3 is 10.2 Å². The Balaban J connectivity index is 1.64. The van der Waals surface area contributed by atoms with E-state index in [9.17, 15) is 10.2 Å². The van der Waals surface area contributed by atoms with E-state index in [4.69, 9.17) is 0 Å². The molecule has 0 aromatic heterocycles. The molecule has 4 rings (SSSR count). The van der Waals surface area contributed by atoms with E-state index in [-0.39, 0.29) is 11.5 Å². The molecular formula is C23H40O2. The van der Waals surface area contributed by atoms with E-state index in [0.717, 1.165) is 49.9 Å². The van der Waals surface area contributed by atoms with Crippen LogP contribution in [0.1, 0.15) is 91.9 Å². The molecule has 2 nitrogen and oxygen atoms in total. The number of hydrogen-bond donors (Lipinski definition) is 2. The monoisotopic (exact) mass is 348 g/mol. The average molecular weight is 349 g/mol. The molecule has 4 saturated carbocycles. The van der Waals surface area contributed by atoms with Crippen molar-refractivity contribution in [3.05, 3.63) is 0 Å². The molecule has 0 bridgehead atoms. The molecule has 0 unspecified atom stereocenters. The Labute approximate surface area is 154 Å². The summed E-state index contributed by atoms with van der Waals surface area (Å²) in [5.74, 6) is 3.70. The van der Waals surface area contributed by atoms with Gasteiger partial charge in [-0.15, -0.1) is 0 Å². The summed E-state index contributed by atoms with van der Waals surface area (Å²) in [5, 5.41) is 21.8. The van der Waals surface area contributed by atoms with Gasteiger partial charge in [-0.3, -0.25) is 0 Å². The Kier molecular flexibility index (Phi) is 4.36. The van der Waals surface area contributed by atoms with E-state index in [1.54, 1.807) is 0 Å². The van der Waals surface area contributed by atoms with Gasteiger partial charge in [-0.2, -0.15) is 0 Å². The summed E-state index contributed by atoms with van der Waals surface area (Å²) >= 11 is 0. The Morgan fingerprint density at radius 3 is 2.40 bits per heavy atom. The second-order valence-electron chi connectivity index (χ2n) is 10.8. The van der Waals surface area contributed by atoms with Gasteiger partial charge in [-0.1, -0.05) is 34.1 Å². The van der Waals surface area contributed by atoms with Gasteiger partial charge in [0.25, 0.3) is 0 Å². The van der Waals surface area contributed by atoms with E-state index < -0.39 is 5.60 Å². The van der Waals surface area contributed by atoms with Crippen molar-refractivity contribution in [1.82, 2.24) is 0 Å². The number of hydrogen-bond acceptors (Lipinski definition) is 2. The fourth-order valence-corrected chi connectivity index (χ4v) is 8.63. The molecule has 0 aromatic carbocycles. The molecule has 0 aliphatic heterocycles. The Morgan fingerprint density at radius 1 is 0.960 bits per heavy atom. The van der Waals surface area contributed by atoms with Crippen molar-refractivity contribution in [2.24, 2.45) is 40.4 Å². The highest BCUT2D eigenvalue weighted by molar-refractivity contribution is 5.14. The van der Waals surface area contributed by atoms with Gasteiger partial charge in [0.2, 0.25) is 0 Å². The predicted molar refractivity (Wildman–Crippen MR) is 102 cm³/mol. The van der Waals surface area contributed by atoms with Crippen LogP contribution >= 0.6 is 0 Å². The van der Waals surface area contributed by atoms with Gasteiger partial charge in [-0.25, -0.2) is 0 Å². The number of fused-ring (bicyclic) bond motifs is 5. The minimum Gasteiger partial charge on any atom is -0.393 e. The van der Waals surface area contributed by atoms with Crippen LogP contribution in [0.4, 0.5) is 0 Å². The molecule has 2 heteroatoms. The molecule has 4 fully saturated rings. The van der Waals surface area contributed by atoms with E-state index >= 15 is 0 Å². The van der Waals surface area contributed by atoms with Crippen molar-refractivity contribution in [2.45, 2.75) is 104 Å². The lowest BCUT2D eigenvalue weighted by molar-refractivity contribution is -0.175. The van der Waals surface area contributed by atoms with Crippen LogP contribution in [0.2, 0.25) is 0 Å². The maximum Gasteiger partial charge on any atom is 0.0703 e. The van der Waals surface area contributed by atoms with Gasteiger partial charge >= 0.3 is 0 Å². The maximum atomic E-state index is 11.5. The minimum atomic E-state index is -0.413. The van der Waals surface area contributed by atoms with Crippen LogP contribution in [0.15, 0.2) is 0 Å². The van der Waals surface area contributed by atoms with Gasteiger partial charge in [-0.05, 0) is 98.2 Å². The van der Waals surface area contributed by atoms with Crippen molar-refractivity contribution >= 4 is 0 Å². The Hall–Kier alpha value is -0.0800. The quantitative estimate of drug-likeness (QED) is 0.723. The van der Waals surface area contributed by atoms with Crippen LogP contribution in [0, 0.1) is 40.4 Å². The van der Waals surface area contributed by atoms with Gasteiger partial charge in [0, 0.05) is 0 Å². The molecule has 0 spiro atoms. The lowest BCUT2D eigenvalue weighted by atomic mass is 9.42. The van der Waals surface area contributed by atoms with Crippen molar-refractivity contribution in [3.8, 4) is 0 Å². The molecule has 0 aromatic rings. The second-order valence-corrected chi connectivity index (χ2v) is 10.8. The zero-order valence-corrected chi connectivity index (χ0v) is 16.9. The van der Waals surface area contributed by atoms with Crippen molar-refractivity contribution in [3.63, 3.8) is 0 Å². The van der Waals surface area contributed by atoms with Crippen molar-refractivity contribution in [1.29, 1.82) is 0 Å². The molecule has 0 amide bonds. The van der Waals surface area contributed by atoms with Gasteiger partial charge in [0.05, 0.1) is 11.7 Å². The Morgan fingerprint density at radius 2 is 1.68 bits per heavy atom. The number of rotatable bonds is 2. The third kappa shape index (κ3) is 2.35. The highest BCUT2D eigenvalue weighted by Crippen LogP contribution is 2.69. The molecule has 144 valence electrons. The van der Waals surface area contributed by atoms with E-state index in [0.29, 0.717) is 17.3 Å². The Bertz CT molecular complexity index is 518. The summed E-state index contributed by atoms with van der Waals surface area (Å²) in [6, 6.07) is 0. The lowest BCUT2D eigenvalue weighted by Gasteiger charge is -2.63. The van der Waals surface area contributed by atoms with Crippen LogP contribution in [0.3, 0.4) is 0 Å². The SMILES string of the molecule is CCC[C@]1(O)CC[C@H]2[C@@H]3CC[C@H]4C[C@@H](O)C[C@H](C)[C@]4(C)[C@H]3CC[C@@]21C. The van der Waals surface area contributed by atoms with E-state index in [2.05, 4.69) is 27.7 Å². The first-order valence-electron chi connectivity index (χ1n) is 11.2.